The van der Waals surface area contributed by atoms with Crippen LogP contribution in [0.25, 0.3) is 5.82 Å². The Bertz CT molecular complexity index is 840. The second-order valence-electron chi connectivity index (χ2n) is 6.30. The molecule has 0 unspecified atom stereocenters. The van der Waals surface area contributed by atoms with Crippen molar-refractivity contribution in [2.75, 3.05) is 26.2 Å². The van der Waals surface area contributed by atoms with Crippen LogP contribution in [-0.2, 0) is 6.54 Å². The summed E-state index contributed by atoms with van der Waals surface area (Å²) in [6.45, 7) is 4.05. The Morgan fingerprint density at radius 1 is 0.962 bits per heavy atom. The van der Waals surface area contributed by atoms with E-state index in [4.69, 9.17) is 0 Å². The zero-order valence-corrected chi connectivity index (χ0v) is 14.4. The smallest absolute Gasteiger partial charge is 0.274 e. The number of piperazine rings is 1. The van der Waals surface area contributed by atoms with Gasteiger partial charge in [-0.3, -0.25) is 14.3 Å². The van der Waals surface area contributed by atoms with Crippen molar-refractivity contribution in [3.8, 4) is 5.82 Å². The molecule has 1 amide bonds. The zero-order chi connectivity index (χ0) is 17.8. The van der Waals surface area contributed by atoms with E-state index in [1.54, 1.807) is 35.4 Å². The number of aromatic nitrogens is 4. The molecule has 1 fully saturated rings. The summed E-state index contributed by atoms with van der Waals surface area (Å²) in [6, 6.07) is 13.9. The van der Waals surface area contributed by atoms with Gasteiger partial charge in [0.25, 0.3) is 5.91 Å². The maximum Gasteiger partial charge on any atom is 0.274 e. The molecule has 7 nitrogen and oxygen atoms in total. The summed E-state index contributed by atoms with van der Waals surface area (Å²) in [5, 5.41) is 8.22. The summed E-state index contributed by atoms with van der Waals surface area (Å²) in [7, 11) is 0. The van der Waals surface area contributed by atoms with Crippen molar-refractivity contribution in [2.45, 2.75) is 6.54 Å². The van der Waals surface area contributed by atoms with Crippen molar-refractivity contribution in [2.24, 2.45) is 0 Å². The van der Waals surface area contributed by atoms with Gasteiger partial charge < -0.3 is 4.90 Å². The Balaban J connectivity index is 1.34. The van der Waals surface area contributed by atoms with Crippen LogP contribution in [0.1, 0.15) is 16.1 Å². The number of nitrogens with zero attached hydrogens (tertiary/aromatic N) is 6. The zero-order valence-electron chi connectivity index (χ0n) is 14.4. The number of hydrogen-bond donors (Lipinski definition) is 0. The molecule has 1 aliphatic heterocycles. The van der Waals surface area contributed by atoms with E-state index in [0.29, 0.717) is 24.6 Å². The molecule has 0 saturated carbocycles. The van der Waals surface area contributed by atoms with Crippen LogP contribution in [-0.4, -0.2) is 61.6 Å². The van der Waals surface area contributed by atoms with Crippen LogP contribution in [0.4, 0.5) is 0 Å². The van der Waals surface area contributed by atoms with Gasteiger partial charge in [0.2, 0.25) is 0 Å². The number of rotatable bonds is 4. The average Bonchev–Trinajstić information content (AvgIpc) is 3.24. The van der Waals surface area contributed by atoms with Gasteiger partial charge in [0.15, 0.2) is 11.5 Å². The Labute approximate surface area is 151 Å². The predicted octanol–water partition coefficient (Wildman–Crippen LogP) is 1.62. The van der Waals surface area contributed by atoms with Gasteiger partial charge in [0, 0.05) is 45.1 Å². The third-order valence-corrected chi connectivity index (χ3v) is 4.55. The molecular weight excluding hydrogens is 328 g/mol. The monoisotopic (exact) mass is 348 g/mol. The molecule has 0 atom stereocenters. The molecule has 7 heteroatoms. The number of carbonyl (C=O) groups is 1. The van der Waals surface area contributed by atoms with Crippen molar-refractivity contribution in [3.05, 3.63) is 72.4 Å². The van der Waals surface area contributed by atoms with E-state index in [2.05, 4.69) is 44.3 Å². The van der Waals surface area contributed by atoms with Crippen LogP contribution in [0.3, 0.4) is 0 Å². The first-order chi connectivity index (χ1) is 12.8. The molecule has 0 aliphatic carbocycles. The molecule has 2 aromatic heterocycles. The van der Waals surface area contributed by atoms with E-state index in [9.17, 15) is 4.79 Å². The summed E-state index contributed by atoms with van der Waals surface area (Å²) < 4.78 is 1.75. The topological polar surface area (TPSA) is 67.2 Å². The largest absolute Gasteiger partial charge is 0.335 e. The Morgan fingerprint density at radius 2 is 1.77 bits per heavy atom. The van der Waals surface area contributed by atoms with Crippen LogP contribution < -0.4 is 0 Å². The number of benzene rings is 1. The first-order valence-electron chi connectivity index (χ1n) is 8.67. The highest BCUT2D eigenvalue weighted by Gasteiger charge is 2.23. The Hall–Kier alpha value is -3.06. The van der Waals surface area contributed by atoms with Crippen LogP contribution in [0.2, 0.25) is 0 Å². The first kappa shape index (κ1) is 16.4. The van der Waals surface area contributed by atoms with Crippen molar-refractivity contribution >= 4 is 5.91 Å². The summed E-state index contributed by atoms with van der Waals surface area (Å²) in [4.78, 5) is 20.8. The molecule has 1 aliphatic rings. The molecule has 1 aromatic carbocycles. The number of imidazole rings is 1. The number of carbonyl (C=O) groups excluding carboxylic acids is 1. The lowest BCUT2D eigenvalue weighted by molar-refractivity contribution is 0.0621. The molecule has 3 aromatic rings. The maximum absolute atomic E-state index is 12.6. The van der Waals surface area contributed by atoms with Gasteiger partial charge in [0.05, 0.1) is 0 Å². The van der Waals surface area contributed by atoms with E-state index < -0.39 is 0 Å². The molecule has 4 rings (SSSR count). The molecule has 26 heavy (non-hydrogen) atoms. The fraction of sp³-hybridized carbons (Fsp3) is 0.263. The van der Waals surface area contributed by atoms with E-state index in [-0.39, 0.29) is 5.91 Å². The molecule has 132 valence electrons. The van der Waals surface area contributed by atoms with Gasteiger partial charge in [-0.25, -0.2) is 4.98 Å². The number of amides is 1. The molecule has 1 saturated heterocycles. The minimum absolute atomic E-state index is 0.0611. The fourth-order valence-corrected chi connectivity index (χ4v) is 3.08. The Morgan fingerprint density at radius 3 is 2.42 bits per heavy atom. The lowest BCUT2D eigenvalue weighted by Crippen LogP contribution is -2.48. The van der Waals surface area contributed by atoms with Crippen molar-refractivity contribution < 1.29 is 4.79 Å². The van der Waals surface area contributed by atoms with Crippen LogP contribution >= 0.6 is 0 Å². The molecule has 0 N–H and O–H groups in total. The molecular formula is C19H20N6O. The van der Waals surface area contributed by atoms with Crippen molar-refractivity contribution in [3.63, 3.8) is 0 Å². The van der Waals surface area contributed by atoms with E-state index in [1.165, 1.54) is 5.56 Å². The molecule has 0 spiro atoms. The lowest BCUT2D eigenvalue weighted by atomic mass is 10.2. The molecule has 0 bridgehead atoms. The summed E-state index contributed by atoms with van der Waals surface area (Å²) >= 11 is 0. The van der Waals surface area contributed by atoms with Gasteiger partial charge in [-0.2, -0.15) is 0 Å². The lowest BCUT2D eigenvalue weighted by Gasteiger charge is -2.34. The average molecular weight is 348 g/mol. The highest BCUT2D eigenvalue weighted by atomic mass is 16.2. The second kappa shape index (κ2) is 7.45. The normalized spacial score (nSPS) is 15.2. The second-order valence-corrected chi connectivity index (χ2v) is 6.30. The van der Waals surface area contributed by atoms with Crippen LogP contribution in [0.15, 0.2) is 61.2 Å². The Kier molecular flexibility index (Phi) is 4.70. The van der Waals surface area contributed by atoms with E-state index in [1.807, 2.05) is 11.0 Å². The highest BCUT2D eigenvalue weighted by molar-refractivity contribution is 5.92. The van der Waals surface area contributed by atoms with Crippen LogP contribution in [0.5, 0.6) is 0 Å². The summed E-state index contributed by atoms with van der Waals surface area (Å²) in [5.41, 5.74) is 1.68. The highest BCUT2D eigenvalue weighted by Crippen LogP contribution is 2.11. The first-order valence-corrected chi connectivity index (χ1v) is 8.67. The molecule has 0 radical (unpaired) electrons. The van der Waals surface area contributed by atoms with Crippen molar-refractivity contribution in [1.29, 1.82) is 0 Å². The minimum Gasteiger partial charge on any atom is -0.335 e. The third-order valence-electron chi connectivity index (χ3n) is 4.55. The van der Waals surface area contributed by atoms with E-state index in [0.717, 1.165) is 19.6 Å². The van der Waals surface area contributed by atoms with E-state index >= 15 is 0 Å². The quantitative estimate of drug-likeness (QED) is 0.717. The predicted molar refractivity (Wildman–Crippen MR) is 96.8 cm³/mol. The standard InChI is InChI=1S/C19H20N6O/c26-19(17-6-7-18(22-21-17)25-9-8-20-15-25)24-12-10-23(11-13-24)14-16-4-2-1-3-5-16/h1-9,15H,10-14H2. The molecule has 3 heterocycles. The minimum atomic E-state index is -0.0611. The van der Waals surface area contributed by atoms with Gasteiger partial charge in [-0.15, -0.1) is 10.2 Å². The van der Waals surface area contributed by atoms with Crippen molar-refractivity contribution in [1.82, 2.24) is 29.5 Å². The van der Waals surface area contributed by atoms with Gasteiger partial charge in [0.1, 0.15) is 6.33 Å². The van der Waals surface area contributed by atoms with Crippen LogP contribution in [0, 0.1) is 0 Å². The maximum atomic E-state index is 12.6. The SMILES string of the molecule is O=C(c1ccc(-n2ccnc2)nn1)N1CCN(Cc2ccccc2)CC1. The third kappa shape index (κ3) is 3.62. The summed E-state index contributed by atoms with van der Waals surface area (Å²) in [5.74, 6) is 0.584. The van der Waals surface area contributed by atoms with Gasteiger partial charge in [-0.05, 0) is 17.7 Å². The summed E-state index contributed by atoms with van der Waals surface area (Å²) in [6.07, 6.45) is 5.12. The van der Waals surface area contributed by atoms with Gasteiger partial charge in [-0.1, -0.05) is 30.3 Å². The fourth-order valence-electron chi connectivity index (χ4n) is 3.08. The number of hydrogen-bond acceptors (Lipinski definition) is 5. The van der Waals surface area contributed by atoms with Gasteiger partial charge >= 0.3 is 0 Å².